The molecule has 0 bridgehead atoms. The third-order valence-corrected chi connectivity index (χ3v) is 7.17. The highest BCUT2D eigenvalue weighted by molar-refractivity contribution is 5.79. The van der Waals surface area contributed by atoms with Crippen LogP contribution in [0, 0.1) is 5.92 Å². The molecule has 3 aromatic rings. The molecule has 7 heteroatoms. The lowest BCUT2D eigenvalue weighted by molar-refractivity contribution is -0.145. The number of likely N-dealkylation sites (tertiary alicyclic amines) is 1. The van der Waals surface area contributed by atoms with Crippen LogP contribution < -0.4 is 0 Å². The van der Waals surface area contributed by atoms with E-state index in [2.05, 4.69) is 23.4 Å². The Morgan fingerprint density at radius 1 is 1.10 bits per heavy atom. The van der Waals surface area contributed by atoms with Crippen LogP contribution in [-0.2, 0) is 34.5 Å². The van der Waals surface area contributed by atoms with Gasteiger partial charge in [-0.05, 0) is 49.4 Å². The van der Waals surface area contributed by atoms with Crippen LogP contribution in [0.4, 0.5) is 0 Å². The first-order valence-corrected chi connectivity index (χ1v) is 11.3. The summed E-state index contributed by atoms with van der Waals surface area (Å²) in [6.07, 6.45) is 8.16. The SMILES string of the molecule is O=C(C1CCn2nccc2C1)N1CCC2(CC1)OCCc1cn(-c3ccccc3)nc12. The predicted octanol–water partition coefficient (Wildman–Crippen LogP) is 2.72. The van der Waals surface area contributed by atoms with E-state index in [0.717, 1.165) is 63.1 Å². The Hall–Kier alpha value is -2.93. The molecule has 0 aliphatic carbocycles. The van der Waals surface area contributed by atoms with Gasteiger partial charge in [-0.15, -0.1) is 0 Å². The van der Waals surface area contributed by atoms with Crippen molar-refractivity contribution < 1.29 is 9.53 Å². The standard InChI is InChI=1S/C24H27N5O2/c30-23(18-7-12-28-21(16-18)6-11-25-28)27-13-9-24(10-14-27)22-19(8-15-31-24)17-29(26-22)20-4-2-1-3-5-20/h1-6,11,17-18H,7-10,12-16H2. The Labute approximate surface area is 181 Å². The van der Waals surface area contributed by atoms with Gasteiger partial charge in [0.25, 0.3) is 0 Å². The van der Waals surface area contributed by atoms with Gasteiger partial charge in [-0.2, -0.15) is 10.2 Å². The van der Waals surface area contributed by atoms with E-state index in [0.29, 0.717) is 6.61 Å². The van der Waals surface area contributed by atoms with Gasteiger partial charge in [0.2, 0.25) is 5.91 Å². The fraction of sp³-hybridized carbons (Fsp3) is 0.458. The molecule has 5 heterocycles. The Bertz CT molecular complexity index is 1090. The molecule has 6 rings (SSSR count). The number of aromatic nitrogens is 4. The van der Waals surface area contributed by atoms with Gasteiger partial charge in [0.1, 0.15) is 5.60 Å². The monoisotopic (exact) mass is 417 g/mol. The molecule has 0 saturated carbocycles. The second kappa shape index (κ2) is 7.34. The van der Waals surface area contributed by atoms with Crippen molar-refractivity contribution in [3.8, 4) is 5.69 Å². The third kappa shape index (κ3) is 3.19. The first kappa shape index (κ1) is 18.8. The van der Waals surface area contributed by atoms with Crippen LogP contribution in [0.25, 0.3) is 5.69 Å². The van der Waals surface area contributed by atoms with E-state index >= 15 is 0 Å². The molecule has 1 unspecified atom stereocenters. The van der Waals surface area contributed by atoms with E-state index < -0.39 is 0 Å². The van der Waals surface area contributed by atoms with Crippen molar-refractivity contribution >= 4 is 5.91 Å². The molecule has 31 heavy (non-hydrogen) atoms. The fourth-order valence-electron chi connectivity index (χ4n) is 5.42. The number of ether oxygens (including phenoxy) is 1. The number of fused-ring (bicyclic) bond motifs is 3. The summed E-state index contributed by atoms with van der Waals surface area (Å²) in [5, 5.41) is 9.29. The van der Waals surface area contributed by atoms with E-state index in [1.165, 1.54) is 11.3 Å². The van der Waals surface area contributed by atoms with Crippen molar-refractivity contribution in [3.63, 3.8) is 0 Å². The molecule has 2 aromatic heterocycles. The maximum atomic E-state index is 13.2. The molecule has 160 valence electrons. The van der Waals surface area contributed by atoms with E-state index in [-0.39, 0.29) is 17.4 Å². The fourth-order valence-corrected chi connectivity index (χ4v) is 5.42. The Morgan fingerprint density at radius 2 is 1.94 bits per heavy atom. The maximum absolute atomic E-state index is 13.2. The highest BCUT2D eigenvalue weighted by atomic mass is 16.5. The average molecular weight is 418 g/mol. The van der Waals surface area contributed by atoms with Gasteiger partial charge in [0.05, 0.1) is 18.0 Å². The minimum absolute atomic E-state index is 0.0679. The number of hydrogen-bond donors (Lipinski definition) is 0. The van der Waals surface area contributed by atoms with Gasteiger partial charge in [-0.25, -0.2) is 4.68 Å². The van der Waals surface area contributed by atoms with Crippen LogP contribution >= 0.6 is 0 Å². The maximum Gasteiger partial charge on any atom is 0.226 e. The topological polar surface area (TPSA) is 65.2 Å². The van der Waals surface area contributed by atoms with Crippen LogP contribution in [0.15, 0.2) is 48.8 Å². The van der Waals surface area contributed by atoms with Crippen molar-refractivity contribution in [3.05, 3.63) is 65.7 Å². The number of carbonyl (C=O) groups is 1. The normalized spacial score (nSPS) is 22.2. The molecule has 1 saturated heterocycles. The summed E-state index contributed by atoms with van der Waals surface area (Å²) < 4.78 is 10.4. The van der Waals surface area contributed by atoms with Gasteiger partial charge in [0, 0.05) is 50.1 Å². The first-order chi connectivity index (χ1) is 15.2. The third-order valence-electron chi connectivity index (χ3n) is 7.17. The van der Waals surface area contributed by atoms with Crippen molar-refractivity contribution in [1.29, 1.82) is 0 Å². The molecule has 1 atom stereocenters. The number of carbonyl (C=O) groups excluding carboxylic acids is 1. The van der Waals surface area contributed by atoms with Crippen LogP contribution in [-0.4, -0.2) is 50.1 Å². The van der Waals surface area contributed by atoms with Crippen LogP contribution in [0.5, 0.6) is 0 Å². The summed E-state index contributed by atoms with van der Waals surface area (Å²) in [4.78, 5) is 15.3. The molecule has 7 nitrogen and oxygen atoms in total. The molecule has 1 spiro atoms. The van der Waals surface area contributed by atoms with Crippen LogP contribution in [0.1, 0.15) is 36.2 Å². The molecule has 1 amide bonds. The minimum Gasteiger partial charge on any atom is -0.368 e. The molecular formula is C24H27N5O2. The van der Waals surface area contributed by atoms with E-state index in [1.54, 1.807) is 0 Å². The van der Waals surface area contributed by atoms with Crippen LogP contribution in [0.3, 0.4) is 0 Å². The van der Waals surface area contributed by atoms with E-state index in [9.17, 15) is 4.79 Å². The number of amides is 1. The number of hydrogen-bond acceptors (Lipinski definition) is 4. The molecule has 3 aliphatic rings. The van der Waals surface area contributed by atoms with E-state index in [4.69, 9.17) is 9.84 Å². The Balaban J connectivity index is 1.19. The minimum atomic E-state index is -0.365. The summed E-state index contributed by atoms with van der Waals surface area (Å²) in [7, 11) is 0. The summed E-state index contributed by atoms with van der Waals surface area (Å²) in [5.74, 6) is 0.353. The number of piperidine rings is 1. The van der Waals surface area contributed by atoms with Crippen molar-refractivity contribution in [2.45, 2.75) is 44.2 Å². The van der Waals surface area contributed by atoms with Crippen molar-refractivity contribution in [2.75, 3.05) is 19.7 Å². The van der Waals surface area contributed by atoms with Crippen molar-refractivity contribution in [1.82, 2.24) is 24.5 Å². The molecule has 1 aromatic carbocycles. The zero-order chi connectivity index (χ0) is 20.8. The number of para-hydroxylation sites is 1. The van der Waals surface area contributed by atoms with Gasteiger partial charge >= 0.3 is 0 Å². The highest BCUT2D eigenvalue weighted by Crippen LogP contribution is 2.41. The van der Waals surface area contributed by atoms with Gasteiger partial charge in [0.15, 0.2) is 0 Å². The summed E-state index contributed by atoms with van der Waals surface area (Å²) in [6.45, 7) is 3.01. The number of benzene rings is 1. The average Bonchev–Trinajstić information content (AvgIpc) is 3.47. The first-order valence-electron chi connectivity index (χ1n) is 11.3. The lowest BCUT2D eigenvalue weighted by Crippen LogP contribution is -2.50. The summed E-state index contributed by atoms with van der Waals surface area (Å²) >= 11 is 0. The smallest absolute Gasteiger partial charge is 0.226 e. The van der Waals surface area contributed by atoms with E-state index in [1.807, 2.05) is 44.7 Å². The van der Waals surface area contributed by atoms with Gasteiger partial charge < -0.3 is 9.64 Å². The largest absolute Gasteiger partial charge is 0.368 e. The molecule has 0 radical (unpaired) electrons. The second-order valence-corrected chi connectivity index (χ2v) is 8.94. The molecule has 3 aliphatic heterocycles. The predicted molar refractivity (Wildman–Crippen MR) is 115 cm³/mol. The number of rotatable bonds is 2. The zero-order valence-corrected chi connectivity index (χ0v) is 17.6. The molecule has 1 fully saturated rings. The summed E-state index contributed by atoms with van der Waals surface area (Å²) in [6, 6.07) is 12.3. The number of nitrogens with zero attached hydrogens (tertiary/aromatic N) is 5. The quantitative estimate of drug-likeness (QED) is 0.643. The molecule has 0 N–H and O–H groups in total. The Morgan fingerprint density at radius 3 is 2.77 bits per heavy atom. The van der Waals surface area contributed by atoms with Gasteiger partial charge in [-0.3, -0.25) is 9.48 Å². The Kier molecular flexibility index (Phi) is 4.45. The van der Waals surface area contributed by atoms with Gasteiger partial charge in [-0.1, -0.05) is 18.2 Å². The molecular weight excluding hydrogens is 390 g/mol. The lowest BCUT2D eigenvalue weighted by atomic mass is 9.83. The zero-order valence-electron chi connectivity index (χ0n) is 17.6. The van der Waals surface area contributed by atoms with Crippen LogP contribution in [0.2, 0.25) is 0 Å². The second-order valence-electron chi connectivity index (χ2n) is 8.94. The number of aryl methyl sites for hydroxylation is 1. The highest BCUT2D eigenvalue weighted by Gasteiger charge is 2.44. The summed E-state index contributed by atoms with van der Waals surface area (Å²) in [5.41, 5.74) is 4.21. The van der Waals surface area contributed by atoms with Crippen molar-refractivity contribution in [2.24, 2.45) is 5.92 Å². The lowest BCUT2D eigenvalue weighted by Gasteiger charge is -2.43.